The Morgan fingerprint density at radius 2 is 1.33 bits per heavy atom. The van der Waals surface area contributed by atoms with Gasteiger partial charge in [-0.15, -0.1) is 0 Å². The molecule has 122 valence electrons. The number of hydrogen-bond acceptors (Lipinski definition) is 2. The highest BCUT2D eigenvalue weighted by molar-refractivity contribution is 4.95. The fraction of sp³-hybridized carbons (Fsp3) is 1.00. The normalized spacial score (nSPS) is 34.6. The molecule has 21 heavy (non-hydrogen) atoms. The van der Waals surface area contributed by atoms with E-state index in [9.17, 15) is 0 Å². The van der Waals surface area contributed by atoms with E-state index >= 15 is 0 Å². The minimum absolute atomic E-state index is 0.711. The molecular formula is C19H36N2. The number of nitrogens with zero attached hydrogens (tertiary/aromatic N) is 2. The van der Waals surface area contributed by atoms with Gasteiger partial charge in [0, 0.05) is 12.1 Å². The molecule has 0 atom stereocenters. The Bertz CT molecular complexity index is 325. The monoisotopic (exact) mass is 292 g/mol. The molecule has 0 aromatic carbocycles. The average molecular weight is 293 g/mol. The summed E-state index contributed by atoms with van der Waals surface area (Å²) >= 11 is 0. The van der Waals surface area contributed by atoms with Gasteiger partial charge in [0.25, 0.3) is 0 Å². The van der Waals surface area contributed by atoms with Crippen LogP contribution in [0.3, 0.4) is 0 Å². The molecule has 1 aliphatic carbocycles. The molecule has 1 saturated carbocycles. The van der Waals surface area contributed by atoms with E-state index in [1.54, 1.807) is 0 Å². The first-order valence-electron chi connectivity index (χ1n) is 9.47. The summed E-state index contributed by atoms with van der Waals surface area (Å²) in [6.07, 6.45) is 8.82. The largest absolute Gasteiger partial charge is 0.301 e. The van der Waals surface area contributed by atoms with Crippen LogP contribution in [-0.4, -0.2) is 48.1 Å². The van der Waals surface area contributed by atoms with Gasteiger partial charge in [-0.25, -0.2) is 0 Å². The molecule has 2 aliphatic heterocycles. The van der Waals surface area contributed by atoms with Crippen molar-refractivity contribution in [2.24, 2.45) is 17.3 Å². The zero-order valence-corrected chi connectivity index (χ0v) is 14.8. The lowest BCUT2D eigenvalue weighted by Crippen LogP contribution is -2.53. The van der Waals surface area contributed by atoms with Crippen LogP contribution in [0.25, 0.3) is 0 Å². The summed E-state index contributed by atoms with van der Waals surface area (Å²) in [5.41, 5.74) is 0.711. The van der Waals surface area contributed by atoms with Gasteiger partial charge < -0.3 is 9.80 Å². The molecule has 0 aromatic heterocycles. The predicted octanol–water partition coefficient (Wildman–Crippen LogP) is 4.01. The molecule has 0 radical (unpaired) electrons. The average Bonchev–Trinajstić information content (AvgIpc) is 2.40. The first kappa shape index (κ1) is 15.8. The molecule has 3 aliphatic rings. The lowest BCUT2D eigenvalue weighted by Gasteiger charge is -2.52. The number of rotatable bonds is 3. The van der Waals surface area contributed by atoms with Crippen molar-refractivity contribution in [1.82, 2.24) is 9.80 Å². The van der Waals surface area contributed by atoms with Gasteiger partial charge in [0.15, 0.2) is 0 Å². The van der Waals surface area contributed by atoms with Gasteiger partial charge in [-0.3, -0.25) is 0 Å². The van der Waals surface area contributed by atoms with Crippen molar-refractivity contribution < 1.29 is 0 Å². The molecule has 0 bridgehead atoms. The van der Waals surface area contributed by atoms with Crippen LogP contribution in [0.4, 0.5) is 0 Å². The van der Waals surface area contributed by atoms with E-state index in [2.05, 4.69) is 37.5 Å². The molecule has 0 N–H and O–H groups in total. The second-order valence-electron chi connectivity index (χ2n) is 8.80. The van der Waals surface area contributed by atoms with Crippen LogP contribution in [0, 0.1) is 17.3 Å². The molecular weight excluding hydrogens is 256 g/mol. The van der Waals surface area contributed by atoms with Crippen molar-refractivity contribution in [2.45, 2.75) is 78.3 Å². The van der Waals surface area contributed by atoms with Gasteiger partial charge in [0.05, 0.1) is 0 Å². The lowest BCUT2D eigenvalue weighted by atomic mass is 9.68. The predicted molar refractivity (Wildman–Crippen MR) is 90.5 cm³/mol. The molecule has 2 heterocycles. The van der Waals surface area contributed by atoms with E-state index in [0.717, 1.165) is 23.9 Å². The fourth-order valence-electron chi connectivity index (χ4n) is 4.85. The molecule has 1 spiro atoms. The van der Waals surface area contributed by atoms with E-state index in [1.165, 1.54) is 64.7 Å². The summed E-state index contributed by atoms with van der Waals surface area (Å²) in [5, 5.41) is 0. The Labute approximate surface area is 132 Å². The maximum absolute atomic E-state index is 2.83. The highest BCUT2D eigenvalue weighted by Crippen LogP contribution is 2.44. The Balaban J connectivity index is 1.44. The van der Waals surface area contributed by atoms with Crippen molar-refractivity contribution in [3.63, 3.8) is 0 Å². The summed E-state index contributed by atoms with van der Waals surface area (Å²) in [7, 11) is 0. The summed E-state index contributed by atoms with van der Waals surface area (Å²) in [6.45, 7) is 15.0. The van der Waals surface area contributed by atoms with Crippen LogP contribution in [0.5, 0.6) is 0 Å². The summed E-state index contributed by atoms with van der Waals surface area (Å²) in [4.78, 5) is 5.51. The van der Waals surface area contributed by atoms with E-state index in [-0.39, 0.29) is 0 Å². The van der Waals surface area contributed by atoms with E-state index < -0.39 is 0 Å². The number of hydrogen-bond donors (Lipinski definition) is 0. The fourth-order valence-corrected chi connectivity index (χ4v) is 4.85. The maximum Gasteiger partial charge on any atom is 0.0101 e. The third kappa shape index (κ3) is 3.32. The van der Waals surface area contributed by atoms with Crippen LogP contribution in [0.15, 0.2) is 0 Å². The van der Waals surface area contributed by atoms with Crippen molar-refractivity contribution >= 4 is 0 Å². The summed E-state index contributed by atoms with van der Waals surface area (Å²) in [6, 6.07) is 1.68. The van der Waals surface area contributed by atoms with E-state index in [1.807, 2.05) is 0 Å². The molecule has 0 aromatic rings. The number of piperidine rings is 2. The molecule has 3 rings (SSSR count). The molecule has 2 heteroatoms. The SMILES string of the molecule is CC(C)C1CC(N2CCC3(CCN(C(C)C)CC3)CC2)C1. The second kappa shape index (κ2) is 6.20. The van der Waals surface area contributed by atoms with Gasteiger partial charge in [-0.1, -0.05) is 13.8 Å². The Hall–Kier alpha value is -0.0800. The highest BCUT2D eigenvalue weighted by atomic mass is 15.2. The second-order valence-corrected chi connectivity index (χ2v) is 8.80. The van der Waals surface area contributed by atoms with Crippen LogP contribution in [0.2, 0.25) is 0 Å². The molecule has 2 nitrogen and oxygen atoms in total. The zero-order valence-electron chi connectivity index (χ0n) is 14.8. The van der Waals surface area contributed by atoms with Gasteiger partial charge in [-0.2, -0.15) is 0 Å². The summed E-state index contributed by atoms with van der Waals surface area (Å²) in [5.74, 6) is 1.91. The summed E-state index contributed by atoms with van der Waals surface area (Å²) < 4.78 is 0. The zero-order chi connectivity index (χ0) is 15.0. The van der Waals surface area contributed by atoms with Gasteiger partial charge in [0.2, 0.25) is 0 Å². The highest BCUT2D eigenvalue weighted by Gasteiger charge is 2.42. The van der Waals surface area contributed by atoms with Crippen LogP contribution < -0.4 is 0 Å². The van der Waals surface area contributed by atoms with Crippen molar-refractivity contribution in [3.05, 3.63) is 0 Å². The Kier molecular flexibility index (Phi) is 4.66. The van der Waals surface area contributed by atoms with Crippen molar-refractivity contribution in [1.29, 1.82) is 0 Å². The third-order valence-corrected chi connectivity index (χ3v) is 7.06. The maximum atomic E-state index is 2.83. The van der Waals surface area contributed by atoms with Gasteiger partial charge in [0.1, 0.15) is 0 Å². The molecule has 0 unspecified atom stereocenters. The van der Waals surface area contributed by atoms with Crippen molar-refractivity contribution in [3.8, 4) is 0 Å². The Morgan fingerprint density at radius 1 is 0.810 bits per heavy atom. The van der Waals surface area contributed by atoms with Crippen LogP contribution in [0.1, 0.15) is 66.2 Å². The standard InChI is InChI=1S/C19H36N2/c1-15(2)17-13-18(14-17)21-11-7-19(8-12-21)5-9-20(10-6-19)16(3)4/h15-18H,5-14H2,1-4H3. The minimum Gasteiger partial charge on any atom is -0.301 e. The quantitative estimate of drug-likeness (QED) is 0.775. The Morgan fingerprint density at radius 3 is 1.81 bits per heavy atom. The van der Waals surface area contributed by atoms with Crippen LogP contribution in [-0.2, 0) is 0 Å². The number of likely N-dealkylation sites (tertiary alicyclic amines) is 2. The van der Waals surface area contributed by atoms with Crippen LogP contribution >= 0.6 is 0 Å². The minimum atomic E-state index is 0.711. The third-order valence-electron chi connectivity index (χ3n) is 7.06. The van der Waals surface area contributed by atoms with Gasteiger partial charge in [-0.05, 0) is 95.8 Å². The first-order chi connectivity index (χ1) is 9.99. The van der Waals surface area contributed by atoms with Gasteiger partial charge >= 0.3 is 0 Å². The van der Waals surface area contributed by atoms with E-state index in [4.69, 9.17) is 0 Å². The molecule has 0 amide bonds. The first-order valence-corrected chi connectivity index (χ1v) is 9.47. The van der Waals surface area contributed by atoms with Crippen molar-refractivity contribution in [2.75, 3.05) is 26.2 Å². The smallest absolute Gasteiger partial charge is 0.0101 e. The van der Waals surface area contributed by atoms with E-state index in [0.29, 0.717) is 5.41 Å². The lowest BCUT2D eigenvalue weighted by molar-refractivity contribution is -0.0194. The topological polar surface area (TPSA) is 6.48 Å². The molecule has 2 saturated heterocycles. The molecule has 3 fully saturated rings.